The minimum absolute atomic E-state index is 0.102. The van der Waals surface area contributed by atoms with Crippen LogP contribution in [0.15, 0.2) is 53.4 Å². The molecule has 2 heterocycles. The molecule has 0 N–H and O–H groups in total. The molecule has 3 aromatic rings. The van der Waals surface area contributed by atoms with E-state index >= 15 is 0 Å². The highest BCUT2D eigenvalue weighted by Crippen LogP contribution is 2.35. The number of nitrogens with zero attached hydrogens (tertiary/aromatic N) is 2. The Morgan fingerprint density at radius 2 is 1.71 bits per heavy atom. The molecule has 1 aromatic heterocycles. The van der Waals surface area contributed by atoms with E-state index in [1.165, 1.54) is 17.0 Å². The Kier molecular flexibility index (Phi) is 5.97. The van der Waals surface area contributed by atoms with Crippen molar-refractivity contribution in [1.29, 1.82) is 0 Å². The second-order valence-corrected chi connectivity index (χ2v) is 8.96. The maximum Gasteiger partial charge on any atom is 0.293 e. The van der Waals surface area contributed by atoms with Gasteiger partial charge in [-0.15, -0.1) is 0 Å². The minimum Gasteiger partial charge on any atom is -0.318 e. The molecule has 1 saturated heterocycles. The second-order valence-electron chi connectivity index (χ2n) is 7.15. The summed E-state index contributed by atoms with van der Waals surface area (Å²) in [5.74, 6) is -0.728. The maximum atomic E-state index is 13.1. The first kappa shape index (κ1) is 21.7. The molecule has 2 aromatic carbocycles. The summed E-state index contributed by atoms with van der Waals surface area (Å²) >= 11 is 13.1. The number of hydrogen-bond acceptors (Lipinski definition) is 3. The van der Waals surface area contributed by atoms with Crippen molar-refractivity contribution in [2.24, 2.45) is 0 Å². The smallest absolute Gasteiger partial charge is 0.293 e. The monoisotopic (exact) mass is 474 g/mol. The summed E-state index contributed by atoms with van der Waals surface area (Å²) in [6.45, 7) is 3.99. The lowest BCUT2D eigenvalue weighted by Gasteiger charge is -2.12. The van der Waals surface area contributed by atoms with Crippen molar-refractivity contribution in [2.45, 2.75) is 20.4 Å². The van der Waals surface area contributed by atoms with Crippen molar-refractivity contribution < 1.29 is 14.0 Å². The van der Waals surface area contributed by atoms with Crippen LogP contribution in [0.1, 0.15) is 22.5 Å². The molecular formula is C23H17Cl2FN2O2S. The van der Waals surface area contributed by atoms with Crippen LogP contribution in [0.5, 0.6) is 0 Å². The van der Waals surface area contributed by atoms with Crippen LogP contribution < -0.4 is 0 Å². The Hall–Kier alpha value is -2.54. The molecule has 0 unspecified atom stereocenters. The number of carbonyl (C=O) groups is 2. The summed E-state index contributed by atoms with van der Waals surface area (Å²) in [4.78, 5) is 26.8. The number of halogens is 3. The van der Waals surface area contributed by atoms with E-state index in [1.807, 2.05) is 30.5 Å². The van der Waals surface area contributed by atoms with Gasteiger partial charge in [-0.3, -0.25) is 14.5 Å². The summed E-state index contributed by atoms with van der Waals surface area (Å²) < 4.78 is 15.1. The van der Waals surface area contributed by atoms with Crippen molar-refractivity contribution >= 4 is 52.2 Å². The van der Waals surface area contributed by atoms with Gasteiger partial charge in [0.25, 0.3) is 11.1 Å². The Bertz CT molecular complexity index is 1240. The number of hydrogen-bond donors (Lipinski definition) is 0. The molecule has 0 spiro atoms. The van der Waals surface area contributed by atoms with Crippen LogP contribution in [0.4, 0.5) is 9.18 Å². The van der Waals surface area contributed by atoms with Crippen molar-refractivity contribution in [3.63, 3.8) is 0 Å². The molecule has 0 atom stereocenters. The topological polar surface area (TPSA) is 42.3 Å². The Morgan fingerprint density at radius 3 is 2.39 bits per heavy atom. The Labute approximate surface area is 193 Å². The molecule has 31 heavy (non-hydrogen) atoms. The molecule has 0 radical (unpaired) electrons. The summed E-state index contributed by atoms with van der Waals surface area (Å²) in [6, 6.07) is 13.1. The van der Waals surface area contributed by atoms with Crippen LogP contribution in [0.3, 0.4) is 0 Å². The predicted octanol–water partition coefficient (Wildman–Crippen LogP) is 6.78. The number of carbonyl (C=O) groups excluding carboxylic acids is 2. The van der Waals surface area contributed by atoms with E-state index in [-0.39, 0.29) is 23.5 Å². The van der Waals surface area contributed by atoms with E-state index < -0.39 is 0 Å². The van der Waals surface area contributed by atoms with Crippen LogP contribution in [-0.4, -0.2) is 20.6 Å². The lowest BCUT2D eigenvalue weighted by molar-refractivity contribution is -0.123. The molecule has 4 rings (SSSR count). The fourth-order valence-electron chi connectivity index (χ4n) is 3.51. The van der Waals surface area contributed by atoms with Gasteiger partial charge in [-0.1, -0.05) is 35.3 Å². The van der Waals surface area contributed by atoms with E-state index in [2.05, 4.69) is 0 Å². The summed E-state index contributed by atoms with van der Waals surface area (Å²) in [7, 11) is 0. The van der Waals surface area contributed by atoms with Crippen LogP contribution in [0.25, 0.3) is 11.8 Å². The Morgan fingerprint density at radius 1 is 1.00 bits per heavy atom. The fraction of sp³-hybridized carbons (Fsp3) is 0.130. The molecular weight excluding hydrogens is 458 g/mol. The Balaban J connectivity index is 1.63. The zero-order valence-corrected chi connectivity index (χ0v) is 19.0. The molecule has 2 amide bonds. The van der Waals surface area contributed by atoms with Crippen LogP contribution >= 0.6 is 35.0 Å². The van der Waals surface area contributed by atoms with Gasteiger partial charge in [-0.2, -0.15) is 0 Å². The molecule has 158 valence electrons. The third-order valence-electron chi connectivity index (χ3n) is 5.05. The van der Waals surface area contributed by atoms with Gasteiger partial charge < -0.3 is 4.57 Å². The van der Waals surface area contributed by atoms with Gasteiger partial charge in [-0.05, 0) is 79.2 Å². The quantitative estimate of drug-likeness (QED) is 0.391. The van der Waals surface area contributed by atoms with Gasteiger partial charge in [-0.25, -0.2) is 4.39 Å². The second kappa shape index (κ2) is 8.54. The zero-order chi connectivity index (χ0) is 22.3. The van der Waals surface area contributed by atoms with E-state index in [0.29, 0.717) is 20.5 Å². The normalized spacial score (nSPS) is 15.4. The van der Waals surface area contributed by atoms with E-state index in [0.717, 1.165) is 34.4 Å². The molecule has 0 aliphatic carbocycles. The number of rotatable bonds is 4. The third kappa shape index (κ3) is 4.28. The average molecular weight is 475 g/mol. The van der Waals surface area contributed by atoms with Gasteiger partial charge in [0.05, 0.1) is 21.5 Å². The molecule has 8 heteroatoms. The third-order valence-corrected chi connectivity index (χ3v) is 6.69. The lowest BCUT2D eigenvalue weighted by Crippen LogP contribution is -2.27. The van der Waals surface area contributed by atoms with Gasteiger partial charge in [0.15, 0.2) is 0 Å². The summed E-state index contributed by atoms with van der Waals surface area (Å²) in [5.41, 5.74) is 4.22. The van der Waals surface area contributed by atoms with Gasteiger partial charge in [0.1, 0.15) is 5.82 Å². The highest BCUT2D eigenvalue weighted by molar-refractivity contribution is 8.18. The first-order valence-corrected chi connectivity index (χ1v) is 11.0. The van der Waals surface area contributed by atoms with Crippen LogP contribution in [0, 0.1) is 19.7 Å². The average Bonchev–Trinajstić information content (AvgIpc) is 3.15. The first-order valence-electron chi connectivity index (χ1n) is 9.39. The van der Waals surface area contributed by atoms with E-state index in [9.17, 15) is 14.0 Å². The highest BCUT2D eigenvalue weighted by Gasteiger charge is 2.35. The molecule has 1 aliphatic rings. The summed E-state index contributed by atoms with van der Waals surface area (Å²) in [5, 5.41) is 0.580. The molecule has 0 bridgehead atoms. The van der Waals surface area contributed by atoms with Gasteiger partial charge >= 0.3 is 0 Å². The SMILES string of the molecule is Cc1cc(/C=C2\SC(=O)N(Cc3ccc(F)cc3)C2=O)c(C)n1-c1ccc(Cl)c(Cl)c1. The largest absolute Gasteiger partial charge is 0.318 e. The molecule has 0 saturated carbocycles. The minimum atomic E-state index is -0.366. The van der Waals surface area contributed by atoms with Crippen molar-refractivity contribution in [1.82, 2.24) is 9.47 Å². The zero-order valence-electron chi connectivity index (χ0n) is 16.7. The van der Waals surface area contributed by atoms with Crippen molar-refractivity contribution in [3.05, 3.63) is 91.8 Å². The highest BCUT2D eigenvalue weighted by atomic mass is 35.5. The summed E-state index contributed by atoms with van der Waals surface area (Å²) in [6.07, 6.45) is 1.73. The van der Waals surface area contributed by atoms with Crippen LogP contribution in [-0.2, 0) is 11.3 Å². The van der Waals surface area contributed by atoms with E-state index in [1.54, 1.807) is 30.3 Å². The predicted molar refractivity (Wildman–Crippen MR) is 123 cm³/mol. The first-order chi connectivity index (χ1) is 14.7. The fourth-order valence-corrected chi connectivity index (χ4v) is 4.63. The lowest BCUT2D eigenvalue weighted by atomic mass is 10.2. The van der Waals surface area contributed by atoms with Crippen molar-refractivity contribution in [2.75, 3.05) is 0 Å². The van der Waals surface area contributed by atoms with Gasteiger partial charge in [0, 0.05) is 17.1 Å². The number of imide groups is 1. The maximum absolute atomic E-state index is 13.1. The molecule has 1 fully saturated rings. The van der Waals surface area contributed by atoms with E-state index in [4.69, 9.17) is 23.2 Å². The number of thioether (sulfide) groups is 1. The van der Waals surface area contributed by atoms with Crippen LogP contribution in [0.2, 0.25) is 10.0 Å². The van der Waals surface area contributed by atoms with Crippen molar-refractivity contribution in [3.8, 4) is 5.69 Å². The standard InChI is InChI=1S/C23H17Cl2FN2O2S/c1-13-9-16(14(2)28(13)18-7-8-19(24)20(25)11-18)10-21-22(29)27(23(30)31-21)12-15-3-5-17(26)6-4-15/h3-11H,12H2,1-2H3/b21-10-. The van der Waals surface area contributed by atoms with Gasteiger partial charge in [0.2, 0.25) is 0 Å². The number of benzene rings is 2. The molecule has 4 nitrogen and oxygen atoms in total. The number of aromatic nitrogens is 1. The number of amides is 2. The number of aryl methyl sites for hydroxylation is 1. The molecule has 1 aliphatic heterocycles.